The Morgan fingerprint density at radius 1 is 1.02 bits per heavy atom. The SMILES string of the molecule is CCOC(=O)CC1NC(=O)[C@@H](Nc2ccc3c(N)cccc3c2)c2ccc(c(C)c2)CCOC(=O)Nc2cccc1c2.O=C(O)C(F)(F)F. The molecule has 6 N–H and O–H groups in total. The third-order valence-corrected chi connectivity index (χ3v) is 7.56. The number of halogens is 3. The number of alkyl halides is 3. The van der Waals surface area contributed by atoms with Gasteiger partial charge in [-0.05, 0) is 71.8 Å². The van der Waals surface area contributed by atoms with Crippen LogP contribution in [0.3, 0.4) is 0 Å². The predicted octanol–water partition coefficient (Wildman–Crippen LogP) is 6.43. The monoisotopic (exact) mass is 680 g/mol. The van der Waals surface area contributed by atoms with E-state index >= 15 is 0 Å². The average Bonchev–Trinajstić information content (AvgIpc) is 3.04. The first-order valence-electron chi connectivity index (χ1n) is 15.2. The molecule has 0 saturated carbocycles. The Labute approximate surface area is 279 Å². The number of benzene rings is 4. The lowest BCUT2D eigenvalue weighted by atomic mass is 9.96. The highest BCUT2D eigenvalue weighted by Gasteiger charge is 2.38. The number of aliphatic carboxylic acids is 1. The quantitative estimate of drug-likeness (QED) is 0.118. The summed E-state index contributed by atoms with van der Waals surface area (Å²) in [6.45, 7) is 4.10. The first kappa shape index (κ1) is 36.1. The van der Waals surface area contributed by atoms with Gasteiger partial charge in [-0.2, -0.15) is 13.2 Å². The van der Waals surface area contributed by atoms with Gasteiger partial charge in [0.2, 0.25) is 5.91 Å². The van der Waals surface area contributed by atoms with E-state index in [0.717, 1.165) is 33.2 Å². The Bertz CT molecular complexity index is 1850. The number of nitrogens with two attached hydrogens (primary N) is 1. The molecular formula is C35H35F3N4O7. The van der Waals surface area contributed by atoms with E-state index in [0.29, 0.717) is 23.4 Å². The van der Waals surface area contributed by atoms with Gasteiger partial charge in [-0.25, -0.2) is 9.59 Å². The molecule has 2 aliphatic rings. The lowest BCUT2D eigenvalue weighted by molar-refractivity contribution is -0.192. The molecule has 0 aliphatic carbocycles. The van der Waals surface area contributed by atoms with Gasteiger partial charge < -0.3 is 30.9 Å². The van der Waals surface area contributed by atoms with Crippen molar-refractivity contribution in [3.8, 4) is 0 Å². The minimum Gasteiger partial charge on any atom is -0.475 e. The molecule has 11 nitrogen and oxygen atoms in total. The third-order valence-electron chi connectivity index (χ3n) is 7.56. The van der Waals surface area contributed by atoms with E-state index in [-0.39, 0.29) is 25.5 Å². The molecule has 4 aromatic rings. The van der Waals surface area contributed by atoms with Crippen molar-refractivity contribution in [2.75, 3.05) is 29.6 Å². The molecule has 0 fully saturated rings. The molecule has 2 atom stereocenters. The second-order valence-corrected chi connectivity index (χ2v) is 11.1. The van der Waals surface area contributed by atoms with Gasteiger partial charge in [0.05, 0.1) is 25.7 Å². The minimum atomic E-state index is -5.08. The molecule has 258 valence electrons. The number of esters is 1. The van der Waals surface area contributed by atoms with E-state index in [9.17, 15) is 27.6 Å². The van der Waals surface area contributed by atoms with Crippen LogP contribution >= 0.6 is 0 Å². The second-order valence-electron chi connectivity index (χ2n) is 11.1. The second kappa shape index (κ2) is 15.9. The van der Waals surface area contributed by atoms with E-state index < -0.39 is 36.3 Å². The van der Waals surface area contributed by atoms with Gasteiger partial charge in [-0.1, -0.05) is 48.5 Å². The van der Waals surface area contributed by atoms with Gasteiger partial charge in [0.15, 0.2) is 0 Å². The largest absolute Gasteiger partial charge is 0.490 e. The van der Waals surface area contributed by atoms with Gasteiger partial charge in [0.1, 0.15) is 6.04 Å². The molecule has 2 heterocycles. The van der Waals surface area contributed by atoms with Gasteiger partial charge >= 0.3 is 24.2 Å². The highest BCUT2D eigenvalue weighted by molar-refractivity contribution is 5.95. The fourth-order valence-electron chi connectivity index (χ4n) is 5.18. The minimum absolute atomic E-state index is 0.0899. The summed E-state index contributed by atoms with van der Waals surface area (Å²) in [5.74, 6) is -3.53. The Morgan fingerprint density at radius 2 is 1.76 bits per heavy atom. The van der Waals surface area contributed by atoms with Crippen molar-refractivity contribution in [3.63, 3.8) is 0 Å². The number of ether oxygens (including phenoxy) is 2. The van der Waals surface area contributed by atoms with Crippen LogP contribution in [0.4, 0.5) is 35.0 Å². The first-order valence-corrected chi connectivity index (χ1v) is 15.2. The van der Waals surface area contributed by atoms with Crippen molar-refractivity contribution in [2.45, 2.75) is 44.9 Å². The normalized spacial score (nSPS) is 16.3. The smallest absolute Gasteiger partial charge is 0.475 e. The lowest BCUT2D eigenvalue weighted by Gasteiger charge is -2.26. The summed E-state index contributed by atoms with van der Waals surface area (Å²) >= 11 is 0. The zero-order valence-corrected chi connectivity index (χ0v) is 26.6. The maximum absolute atomic E-state index is 14.1. The number of anilines is 3. The number of carboxylic acid groups (broad SMARTS) is 1. The molecule has 6 rings (SSSR count). The first-order chi connectivity index (χ1) is 23.2. The maximum atomic E-state index is 14.1. The Kier molecular flexibility index (Phi) is 11.7. The van der Waals surface area contributed by atoms with Gasteiger partial charge in [0.25, 0.3) is 0 Å². The van der Waals surface area contributed by atoms with Crippen LogP contribution in [0.1, 0.15) is 47.7 Å². The van der Waals surface area contributed by atoms with Gasteiger partial charge in [-0.3, -0.25) is 14.9 Å². The summed E-state index contributed by atoms with van der Waals surface area (Å²) in [7, 11) is 0. The summed E-state index contributed by atoms with van der Waals surface area (Å²) in [4.78, 5) is 48.0. The van der Waals surface area contributed by atoms with Gasteiger partial charge in [-0.15, -0.1) is 0 Å². The van der Waals surface area contributed by atoms with E-state index in [1.165, 1.54) is 0 Å². The molecular weight excluding hydrogens is 645 g/mol. The van der Waals surface area contributed by atoms with Crippen molar-refractivity contribution in [1.29, 1.82) is 0 Å². The van der Waals surface area contributed by atoms with Crippen LogP contribution in [-0.2, 0) is 30.3 Å². The highest BCUT2D eigenvalue weighted by Crippen LogP contribution is 2.29. The molecule has 4 bridgehead atoms. The number of aryl methyl sites for hydroxylation is 1. The van der Waals surface area contributed by atoms with E-state index in [1.54, 1.807) is 31.2 Å². The molecule has 4 aromatic carbocycles. The van der Waals surface area contributed by atoms with Crippen LogP contribution in [0.2, 0.25) is 0 Å². The molecule has 2 aliphatic heterocycles. The van der Waals surface area contributed by atoms with Crippen LogP contribution in [0.15, 0.2) is 78.9 Å². The van der Waals surface area contributed by atoms with Crippen LogP contribution in [0.25, 0.3) is 10.8 Å². The number of nitrogens with one attached hydrogen (secondary N) is 3. The Hall–Kier alpha value is -5.79. The van der Waals surface area contributed by atoms with Crippen molar-refractivity contribution >= 4 is 51.8 Å². The van der Waals surface area contributed by atoms with Crippen molar-refractivity contribution < 1.29 is 46.9 Å². The number of hydrogen-bond acceptors (Lipinski definition) is 8. The molecule has 1 unspecified atom stereocenters. The van der Waals surface area contributed by atoms with E-state index in [2.05, 4.69) is 16.0 Å². The summed E-state index contributed by atoms with van der Waals surface area (Å²) in [5.41, 5.74) is 11.4. The molecule has 49 heavy (non-hydrogen) atoms. The Morgan fingerprint density at radius 3 is 2.45 bits per heavy atom. The summed E-state index contributed by atoms with van der Waals surface area (Å²) < 4.78 is 42.4. The predicted molar refractivity (Wildman–Crippen MR) is 177 cm³/mol. The van der Waals surface area contributed by atoms with Crippen LogP contribution in [0, 0.1) is 6.92 Å². The number of carbonyl (C=O) groups is 4. The molecule has 0 radical (unpaired) electrons. The maximum Gasteiger partial charge on any atom is 0.490 e. The molecule has 0 saturated heterocycles. The molecule has 0 aromatic heterocycles. The van der Waals surface area contributed by atoms with Gasteiger partial charge in [0, 0.05) is 28.9 Å². The lowest BCUT2D eigenvalue weighted by Crippen LogP contribution is -2.37. The number of carbonyl (C=O) groups excluding carboxylic acids is 3. The number of amides is 2. The topological polar surface area (TPSA) is 169 Å². The number of rotatable bonds is 5. The molecule has 2 amide bonds. The van der Waals surface area contributed by atoms with Crippen LogP contribution in [-0.4, -0.2) is 48.4 Å². The standard InChI is InChI=1S/C33H34N4O5.C2HF3O2/c1-3-41-30(38)19-29-23-7-4-8-25(18-23)36-33(40)42-15-14-21-10-11-24(16-20(21)2)31(32(39)37-29)35-26-12-13-27-22(17-26)6-5-9-28(27)34;3-2(4,5)1(6)7/h4-13,16-18,29,31,35H,3,14-15,19,34H2,1-2H3,(H,36,40)(H,37,39);(H,6,7)/t29?,31-;/m0./s1. The third kappa shape index (κ3) is 9.86. The number of carboxylic acids is 1. The zero-order chi connectivity index (χ0) is 35.7. The number of fused-ring (bicyclic) bond motifs is 10. The van der Waals surface area contributed by atoms with Crippen molar-refractivity contribution in [2.24, 2.45) is 0 Å². The average molecular weight is 681 g/mol. The van der Waals surface area contributed by atoms with E-state index in [1.807, 2.05) is 61.5 Å². The van der Waals surface area contributed by atoms with Crippen LogP contribution < -0.4 is 21.7 Å². The fraction of sp³-hybridized carbons (Fsp3) is 0.257. The summed E-state index contributed by atoms with van der Waals surface area (Å²) in [6.07, 6.45) is -5.23. The van der Waals surface area contributed by atoms with Crippen molar-refractivity contribution in [3.05, 3.63) is 101 Å². The van der Waals surface area contributed by atoms with E-state index in [4.69, 9.17) is 25.1 Å². The zero-order valence-electron chi connectivity index (χ0n) is 26.6. The summed E-state index contributed by atoms with van der Waals surface area (Å²) in [6, 6.07) is 22.8. The van der Waals surface area contributed by atoms with Crippen molar-refractivity contribution in [1.82, 2.24) is 5.32 Å². The number of nitrogen functional groups attached to an aromatic ring is 1. The van der Waals surface area contributed by atoms with Crippen LogP contribution in [0.5, 0.6) is 0 Å². The Balaban J connectivity index is 0.000000698. The number of hydrogen-bond donors (Lipinski definition) is 5. The summed E-state index contributed by atoms with van der Waals surface area (Å²) in [5, 5.41) is 18.2. The fourth-order valence-corrected chi connectivity index (χ4v) is 5.18. The molecule has 0 spiro atoms. The highest BCUT2D eigenvalue weighted by atomic mass is 19.4. The molecule has 14 heteroatoms.